The Labute approximate surface area is 217 Å². The van der Waals surface area contributed by atoms with E-state index in [2.05, 4.69) is 25.7 Å². The normalized spacial score (nSPS) is 18.3. The Balaban J connectivity index is 1.58. The zero-order chi connectivity index (χ0) is 28.1. The number of halogens is 4. The maximum Gasteiger partial charge on any atom is 0.424 e. The first-order valence-corrected chi connectivity index (χ1v) is 11.5. The SMILES string of the molecule is CC1Oc2c(cc(C(O)(CNC(=O)c3ccc4[nH]nnc4c3)C(F)(F)F)nc2-c2ccc(F)cc2)[C@H]1C(N)=O. The van der Waals surface area contributed by atoms with Crippen molar-refractivity contribution in [2.24, 2.45) is 5.73 Å². The lowest BCUT2D eigenvalue weighted by Crippen LogP contribution is -2.51. The number of ether oxygens (including phenoxy) is 1. The number of hydrogen-bond acceptors (Lipinski definition) is 7. The van der Waals surface area contributed by atoms with Gasteiger partial charge in [0.15, 0.2) is 0 Å². The van der Waals surface area contributed by atoms with Crippen molar-refractivity contribution in [1.29, 1.82) is 0 Å². The Bertz CT molecular complexity index is 1590. The number of amides is 2. The fourth-order valence-corrected chi connectivity index (χ4v) is 4.44. The van der Waals surface area contributed by atoms with E-state index in [9.17, 15) is 32.3 Å². The van der Waals surface area contributed by atoms with Crippen LogP contribution in [0.25, 0.3) is 22.3 Å². The number of aromatic amines is 1. The second-order valence-electron chi connectivity index (χ2n) is 9.07. The minimum absolute atomic E-state index is 0.0175. The van der Waals surface area contributed by atoms with Crippen molar-refractivity contribution < 1.29 is 37.0 Å². The van der Waals surface area contributed by atoms with E-state index in [1.54, 1.807) is 0 Å². The molecule has 0 spiro atoms. The average Bonchev–Trinajstić information content (AvgIpc) is 3.49. The van der Waals surface area contributed by atoms with Crippen LogP contribution in [-0.4, -0.2) is 56.1 Å². The van der Waals surface area contributed by atoms with Crippen LogP contribution in [0.5, 0.6) is 5.75 Å². The highest BCUT2D eigenvalue weighted by atomic mass is 19.4. The lowest BCUT2D eigenvalue weighted by atomic mass is 9.89. The first kappa shape index (κ1) is 26.0. The van der Waals surface area contributed by atoms with Gasteiger partial charge in [0.25, 0.3) is 5.91 Å². The van der Waals surface area contributed by atoms with Gasteiger partial charge in [-0.3, -0.25) is 14.7 Å². The van der Waals surface area contributed by atoms with Gasteiger partial charge in [-0.15, -0.1) is 5.10 Å². The molecule has 3 atom stereocenters. The third-order valence-corrected chi connectivity index (χ3v) is 6.52. The van der Waals surface area contributed by atoms with Gasteiger partial charge < -0.3 is 20.9 Å². The molecule has 202 valence electrons. The van der Waals surface area contributed by atoms with Gasteiger partial charge in [0.2, 0.25) is 11.5 Å². The zero-order valence-electron chi connectivity index (χ0n) is 20.1. The number of nitrogens with one attached hydrogen (secondary N) is 2. The molecule has 3 heterocycles. The van der Waals surface area contributed by atoms with E-state index in [1.807, 2.05) is 0 Å². The van der Waals surface area contributed by atoms with Crippen LogP contribution in [0.15, 0.2) is 48.5 Å². The summed E-state index contributed by atoms with van der Waals surface area (Å²) in [7, 11) is 0. The Hall–Kier alpha value is -4.59. The van der Waals surface area contributed by atoms with E-state index >= 15 is 0 Å². The smallest absolute Gasteiger partial charge is 0.424 e. The molecule has 5 rings (SSSR count). The molecule has 1 aliphatic rings. The van der Waals surface area contributed by atoms with Gasteiger partial charge in [0.1, 0.15) is 34.8 Å². The number of carbonyl (C=O) groups excluding carboxylic acids is 2. The first-order chi connectivity index (χ1) is 18.4. The molecule has 10 nitrogen and oxygen atoms in total. The van der Waals surface area contributed by atoms with Gasteiger partial charge >= 0.3 is 6.18 Å². The first-order valence-electron chi connectivity index (χ1n) is 11.5. The predicted octanol–water partition coefficient (Wildman–Crippen LogP) is 2.69. The lowest BCUT2D eigenvalue weighted by molar-refractivity contribution is -0.265. The second kappa shape index (κ2) is 9.31. The molecule has 14 heteroatoms. The number of carbonyl (C=O) groups is 2. The van der Waals surface area contributed by atoms with Crippen LogP contribution in [0.1, 0.15) is 34.5 Å². The molecule has 2 aromatic heterocycles. The number of fused-ring (bicyclic) bond motifs is 2. The fourth-order valence-electron chi connectivity index (χ4n) is 4.44. The summed E-state index contributed by atoms with van der Waals surface area (Å²) >= 11 is 0. The Morgan fingerprint density at radius 3 is 2.54 bits per heavy atom. The molecular formula is C25H20F4N6O4. The summed E-state index contributed by atoms with van der Waals surface area (Å²) in [5.74, 6) is -3.56. The van der Waals surface area contributed by atoms with Crippen molar-refractivity contribution in [3.63, 3.8) is 0 Å². The summed E-state index contributed by atoms with van der Waals surface area (Å²) in [6.45, 7) is 0.184. The summed E-state index contributed by atoms with van der Waals surface area (Å²) in [6.07, 6.45) is -6.18. The number of hydrogen-bond donors (Lipinski definition) is 4. The summed E-state index contributed by atoms with van der Waals surface area (Å²) < 4.78 is 62.6. The number of nitrogens with two attached hydrogens (primary N) is 1. The summed E-state index contributed by atoms with van der Waals surface area (Å²) in [6, 6.07) is 9.70. The quantitative estimate of drug-likeness (QED) is 0.272. The van der Waals surface area contributed by atoms with Crippen molar-refractivity contribution in [3.8, 4) is 17.0 Å². The van der Waals surface area contributed by atoms with Gasteiger partial charge in [-0.1, -0.05) is 5.21 Å². The van der Waals surface area contributed by atoms with E-state index < -0.39 is 53.7 Å². The number of H-pyrrole nitrogens is 1. The van der Waals surface area contributed by atoms with E-state index in [0.29, 0.717) is 11.0 Å². The Kier molecular flexibility index (Phi) is 6.21. The number of benzene rings is 2. The van der Waals surface area contributed by atoms with Crippen LogP contribution in [0.3, 0.4) is 0 Å². The molecule has 0 bridgehead atoms. The Morgan fingerprint density at radius 2 is 1.87 bits per heavy atom. The average molecular weight is 544 g/mol. The van der Waals surface area contributed by atoms with Gasteiger partial charge in [-0.05, 0) is 55.5 Å². The van der Waals surface area contributed by atoms with Crippen LogP contribution >= 0.6 is 0 Å². The highest BCUT2D eigenvalue weighted by molar-refractivity contribution is 5.97. The molecule has 0 aliphatic carbocycles. The molecule has 0 saturated heterocycles. The monoisotopic (exact) mass is 544 g/mol. The number of alkyl halides is 3. The van der Waals surface area contributed by atoms with Gasteiger partial charge in [0, 0.05) is 16.7 Å². The molecule has 0 radical (unpaired) electrons. The van der Waals surface area contributed by atoms with Crippen molar-refractivity contribution in [3.05, 3.63) is 71.2 Å². The van der Waals surface area contributed by atoms with Gasteiger partial charge in [-0.2, -0.15) is 13.2 Å². The van der Waals surface area contributed by atoms with Gasteiger partial charge in [-0.25, -0.2) is 9.37 Å². The van der Waals surface area contributed by atoms with Crippen molar-refractivity contribution >= 4 is 22.8 Å². The van der Waals surface area contributed by atoms with E-state index in [-0.39, 0.29) is 28.1 Å². The molecule has 0 fully saturated rings. The second-order valence-corrected chi connectivity index (χ2v) is 9.07. The Morgan fingerprint density at radius 1 is 1.15 bits per heavy atom. The van der Waals surface area contributed by atoms with E-state index in [1.165, 1.54) is 37.3 Å². The number of pyridine rings is 1. The third kappa shape index (κ3) is 4.52. The predicted molar refractivity (Wildman–Crippen MR) is 128 cm³/mol. The highest BCUT2D eigenvalue weighted by Crippen LogP contribution is 2.47. The number of nitrogens with zero attached hydrogens (tertiary/aromatic N) is 3. The minimum atomic E-state index is -5.33. The van der Waals surface area contributed by atoms with Crippen molar-refractivity contribution in [2.75, 3.05) is 6.54 Å². The van der Waals surface area contributed by atoms with Crippen LogP contribution in [0.2, 0.25) is 0 Å². The van der Waals surface area contributed by atoms with Crippen LogP contribution in [0.4, 0.5) is 17.6 Å². The topological polar surface area (TPSA) is 156 Å². The molecule has 4 aromatic rings. The molecule has 2 aromatic carbocycles. The van der Waals surface area contributed by atoms with Crippen molar-refractivity contribution in [1.82, 2.24) is 25.7 Å². The molecule has 1 aliphatic heterocycles. The molecule has 0 saturated carbocycles. The number of aliphatic hydroxyl groups is 1. The molecule has 39 heavy (non-hydrogen) atoms. The fraction of sp³-hybridized carbons (Fsp3) is 0.240. The third-order valence-electron chi connectivity index (χ3n) is 6.52. The summed E-state index contributed by atoms with van der Waals surface area (Å²) in [5.41, 5.74) is 1.68. The zero-order valence-corrected chi connectivity index (χ0v) is 20.1. The maximum absolute atomic E-state index is 14.4. The number of aromatic nitrogens is 4. The highest BCUT2D eigenvalue weighted by Gasteiger charge is 2.57. The van der Waals surface area contributed by atoms with Crippen molar-refractivity contribution in [2.45, 2.75) is 30.7 Å². The largest absolute Gasteiger partial charge is 0.487 e. The maximum atomic E-state index is 14.4. The minimum Gasteiger partial charge on any atom is -0.487 e. The lowest BCUT2D eigenvalue weighted by Gasteiger charge is -2.31. The number of rotatable bonds is 6. The standard InChI is InChI=1S/C25H20F4N6O4/c1-11-19(22(30)36)15-9-18(32-20(21(15)39-11)12-2-5-14(26)6-3-12)24(38,25(27,28)29)10-31-23(37)13-4-7-16-17(8-13)34-35-33-16/h2-9,11,19,38H,10H2,1H3,(H2,30,36)(H,31,37)(H,33,34,35)/t11?,19-,24?/m0/s1. The van der Waals surface area contributed by atoms with Crippen LogP contribution in [0, 0.1) is 5.82 Å². The molecule has 2 unspecified atom stereocenters. The molecule has 2 amide bonds. The van der Waals surface area contributed by atoms with E-state index in [0.717, 1.165) is 18.2 Å². The van der Waals surface area contributed by atoms with Crippen LogP contribution < -0.4 is 15.8 Å². The summed E-state index contributed by atoms with van der Waals surface area (Å²) in [4.78, 5) is 29.0. The number of primary amides is 1. The molecule has 5 N–H and O–H groups in total. The van der Waals surface area contributed by atoms with Gasteiger partial charge in [0.05, 0.1) is 17.8 Å². The van der Waals surface area contributed by atoms with E-state index in [4.69, 9.17) is 10.5 Å². The summed E-state index contributed by atoms with van der Waals surface area (Å²) in [5, 5.41) is 23.1. The van der Waals surface area contributed by atoms with Crippen LogP contribution in [-0.2, 0) is 10.4 Å². The molecular weight excluding hydrogens is 524 g/mol.